The van der Waals surface area contributed by atoms with Gasteiger partial charge in [0.2, 0.25) is 0 Å². The number of fused-ring (bicyclic) bond motifs is 1. The number of H-pyrrole nitrogens is 1. The van der Waals surface area contributed by atoms with Crippen LogP contribution >= 0.6 is 12.4 Å². The largest absolute Gasteiger partial charge is 0.412 e. The van der Waals surface area contributed by atoms with Gasteiger partial charge in [-0.05, 0) is 42.8 Å². The first-order chi connectivity index (χ1) is 10.7. The van der Waals surface area contributed by atoms with Crippen molar-refractivity contribution in [1.29, 1.82) is 0 Å². The van der Waals surface area contributed by atoms with E-state index >= 15 is 0 Å². The van der Waals surface area contributed by atoms with Crippen molar-refractivity contribution < 1.29 is 9.87 Å². The Labute approximate surface area is 145 Å². The highest BCUT2D eigenvalue weighted by molar-refractivity contribution is 5.91. The summed E-state index contributed by atoms with van der Waals surface area (Å²) in [7, 11) is 0. The Kier molecular flexibility index (Phi) is 5.21. The summed E-state index contributed by atoms with van der Waals surface area (Å²) in [6.07, 6.45) is 4.26. The van der Waals surface area contributed by atoms with Crippen molar-refractivity contribution in [1.82, 2.24) is 15.0 Å². The smallest absolute Gasteiger partial charge is 0.157 e. The molecular formula is C17H18ClFN4O. The van der Waals surface area contributed by atoms with E-state index in [0.29, 0.717) is 0 Å². The maximum Gasteiger partial charge on any atom is 0.157 e. The summed E-state index contributed by atoms with van der Waals surface area (Å²) in [6.45, 7) is 3.61. The van der Waals surface area contributed by atoms with Gasteiger partial charge in [-0.2, -0.15) is 0 Å². The number of aromatic nitrogens is 3. The van der Waals surface area contributed by atoms with Gasteiger partial charge in [0.15, 0.2) is 5.82 Å². The average Bonchev–Trinajstić information content (AvgIpc) is 3.16. The Morgan fingerprint density at radius 1 is 1.08 bits per heavy atom. The second-order valence-electron chi connectivity index (χ2n) is 5.42. The molecule has 5 nitrogen and oxygen atoms in total. The van der Waals surface area contributed by atoms with E-state index in [0.717, 1.165) is 47.0 Å². The van der Waals surface area contributed by atoms with Crippen LogP contribution in [0.15, 0.2) is 42.5 Å². The molecule has 0 aliphatic carbocycles. The molecule has 3 N–H and O–H groups in total. The highest BCUT2D eigenvalue weighted by Crippen LogP contribution is 2.29. The average molecular weight is 349 g/mol. The van der Waals surface area contributed by atoms with Crippen molar-refractivity contribution >= 4 is 29.3 Å². The van der Waals surface area contributed by atoms with Crippen LogP contribution in [0.3, 0.4) is 0 Å². The third-order valence-corrected chi connectivity index (χ3v) is 3.84. The lowest BCUT2D eigenvalue weighted by molar-refractivity contribution is 0.628. The first-order valence-electron chi connectivity index (χ1n) is 7.24. The highest BCUT2D eigenvalue weighted by Gasteiger charge is 2.17. The summed E-state index contributed by atoms with van der Waals surface area (Å²) in [4.78, 5) is 14.7. The van der Waals surface area contributed by atoms with Gasteiger partial charge in [-0.3, -0.25) is 0 Å². The van der Waals surface area contributed by atoms with Crippen LogP contribution in [0.5, 0.6) is 0 Å². The SMILES string of the molecule is Cc1nc(N2CC=CC2)c2[nH]c(-c3ccc(F)cc3)cc2n1.Cl.O. The monoisotopic (exact) mass is 348 g/mol. The van der Waals surface area contributed by atoms with E-state index in [-0.39, 0.29) is 23.7 Å². The summed E-state index contributed by atoms with van der Waals surface area (Å²) in [5.74, 6) is 1.43. The fourth-order valence-corrected chi connectivity index (χ4v) is 2.78. The van der Waals surface area contributed by atoms with E-state index in [1.807, 2.05) is 13.0 Å². The Balaban J connectivity index is 0.00000104. The van der Waals surface area contributed by atoms with Crippen LogP contribution in [0.4, 0.5) is 10.2 Å². The molecule has 126 valence electrons. The molecule has 0 amide bonds. The first-order valence-corrected chi connectivity index (χ1v) is 7.24. The van der Waals surface area contributed by atoms with Crippen molar-refractivity contribution in [3.8, 4) is 11.3 Å². The molecule has 0 atom stereocenters. The zero-order valence-electron chi connectivity index (χ0n) is 13.1. The van der Waals surface area contributed by atoms with E-state index in [1.54, 1.807) is 12.1 Å². The maximum atomic E-state index is 13.1. The van der Waals surface area contributed by atoms with Gasteiger partial charge < -0.3 is 15.4 Å². The van der Waals surface area contributed by atoms with Gasteiger partial charge in [0.1, 0.15) is 17.2 Å². The third kappa shape index (κ3) is 3.11. The standard InChI is InChI=1S/C17H15FN4.ClH.H2O/c1-11-19-15-10-14(12-4-6-13(18)7-5-12)21-16(15)17(20-11)22-8-2-3-9-22;;/h2-7,10,21H,8-9H2,1H3;1H;1H2. The van der Waals surface area contributed by atoms with Gasteiger partial charge in [0.25, 0.3) is 0 Å². The van der Waals surface area contributed by atoms with Gasteiger partial charge >= 0.3 is 0 Å². The van der Waals surface area contributed by atoms with Crippen LogP contribution < -0.4 is 4.90 Å². The van der Waals surface area contributed by atoms with Crippen LogP contribution in [-0.2, 0) is 0 Å². The third-order valence-electron chi connectivity index (χ3n) is 3.84. The maximum absolute atomic E-state index is 13.1. The summed E-state index contributed by atoms with van der Waals surface area (Å²) in [5, 5.41) is 0. The minimum Gasteiger partial charge on any atom is -0.412 e. The van der Waals surface area contributed by atoms with Crippen molar-refractivity contribution in [3.63, 3.8) is 0 Å². The molecule has 7 heteroatoms. The molecule has 3 heterocycles. The highest BCUT2D eigenvalue weighted by atomic mass is 35.5. The van der Waals surface area contributed by atoms with E-state index in [1.165, 1.54) is 12.1 Å². The molecule has 0 fully saturated rings. The number of benzene rings is 1. The number of aromatic amines is 1. The Hall–Kier alpha value is -2.44. The van der Waals surface area contributed by atoms with Crippen molar-refractivity contribution in [2.45, 2.75) is 6.92 Å². The number of nitrogens with one attached hydrogen (secondary N) is 1. The zero-order chi connectivity index (χ0) is 15.1. The van der Waals surface area contributed by atoms with E-state index < -0.39 is 0 Å². The predicted octanol–water partition coefficient (Wildman–Crippen LogP) is 3.05. The van der Waals surface area contributed by atoms with Gasteiger partial charge in [0.05, 0.1) is 5.52 Å². The second-order valence-corrected chi connectivity index (χ2v) is 5.42. The van der Waals surface area contributed by atoms with Crippen LogP contribution in [0.25, 0.3) is 22.3 Å². The van der Waals surface area contributed by atoms with E-state index in [9.17, 15) is 4.39 Å². The fraction of sp³-hybridized carbons (Fsp3) is 0.176. The Morgan fingerprint density at radius 3 is 2.42 bits per heavy atom. The molecule has 2 aromatic heterocycles. The number of hydrogen-bond donors (Lipinski definition) is 1. The second kappa shape index (κ2) is 6.98. The van der Waals surface area contributed by atoms with E-state index in [2.05, 4.69) is 32.0 Å². The van der Waals surface area contributed by atoms with Gasteiger partial charge in [-0.25, -0.2) is 14.4 Å². The zero-order valence-corrected chi connectivity index (χ0v) is 13.9. The number of halogens is 2. The minimum absolute atomic E-state index is 0. The molecule has 1 aliphatic rings. The summed E-state index contributed by atoms with van der Waals surface area (Å²) in [5.41, 5.74) is 3.66. The van der Waals surface area contributed by atoms with Crippen molar-refractivity contribution in [2.75, 3.05) is 18.0 Å². The molecular weight excluding hydrogens is 331 g/mol. The lowest BCUT2D eigenvalue weighted by Gasteiger charge is -2.17. The predicted molar refractivity (Wildman–Crippen MR) is 96.2 cm³/mol. The summed E-state index contributed by atoms with van der Waals surface area (Å²) >= 11 is 0. The van der Waals surface area contributed by atoms with Gasteiger partial charge in [-0.15, -0.1) is 12.4 Å². The number of anilines is 1. The van der Waals surface area contributed by atoms with Gasteiger partial charge in [0, 0.05) is 18.8 Å². The number of rotatable bonds is 2. The molecule has 0 saturated heterocycles. The molecule has 1 aromatic carbocycles. The molecule has 0 radical (unpaired) electrons. The van der Waals surface area contributed by atoms with Gasteiger partial charge in [-0.1, -0.05) is 12.2 Å². The molecule has 4 rings (SSSR count). The Bertz CT molecular complexity index is 868. The lowest BCUT2D eigenvalue weighted by Crippen LogP contribution is -2.20. The fourth-order valence-electron chi connectivity index (χ4n) is 2.78. The molecule has 0 bridgehead atoms. The van der Waals surface area contributed by atoms with Crippen LogP contribution in [0.1, 0.15) is 5.82 Å². The molecule has 1 aliphatic heterocycles. The first kappa shape index (κ1) is 17.9. The molecule has 0 spiro atoms. The van der Waals surface area contributed by atoms with Crippen LogP contribution in [0.2, 0.25) is 0 Å². The quantitative estimate of drug-likeness (QED) is 0.723. The molecule has 24 heavy (non-hydrogen) atoms. The van der Waals surface area contributed by atoms with E-state index in [4.69, 9.17) is 0 Å². The summed E-state index contributed by atoms with van der Waals surface area (Å²) < 4.78 is 13.1. The normalized spacial score (nSPS) is 13.0. The topological polar surface area (TPSA) is 76.3 Å². The molecule has 3 aromatic rings. The molecule has 0 unspecified atom stereocenters. The minimum atomic E-state index is -0.237. The van der Waals surface area contributed by atoms with Crippen LogP contribution in [-0.4, -0.2) is 33.5 Å². The van der Waals surface area contributed by atoms with Crippen molar-refractivity contribution in [3.05, 3.63) is 54.1 Å². The Morgan fingerprint density at radius 2 is 1.75 bits per heavy atom. The summed E-state index contributed by atoms with van der Waals surface area (Å²) in [6, 6.07) is 8.44. The molecule has 0 saturated carbocycles. The number of aryl methyl sites for hydroxylation is 1. The number of hydrogen-bond acceptors (Lipinski definition) is 3. The van der Waals surface area contributed by atoms with Crippen LogP contribution in [0, 0.1) is 12.7 Å². The number of nitrogens with zero attached hydrogens (tertiary/aromatic N) is 3. The lowest BCUT2D eigenvalue weighted by atomic mass is 10.1. The van der Waals surface area contributed by atoms with Crippen molar-refractivity contribution in [2.24, 2.45) is 0 Å².